The van der Waals surface area contributed by atoms with Crippen molar-refractivity contribution in [2.75, 3.05) is 11.5 Å². The minimum absolute atomic E-state index is 0.314. The third-order valence-corrected chi connectivity index (χ3v) is 2.86. The molecular formula is C8H7ClN4S. The number of hydrogen-bond donors (Lipinski definition) is 2. The number of halogens is 1. The Morgan fingerprint density at radius 1 is 1.29 bits per heavy atom. The highest BCUT2D eigenvalue weighted by molar-refractivity contribution is 7.19. The van der Waals surface area contributed by atoms with Crippen LogP contribution in [0.15, 0.2) is 18.3 Å². The van der Waals surface area contributed by atoms with Gasteiger partial charge in [0.2, 0.25) is 0 Å². The molecule has 0 saturated carbocycles. The highest BCUT2D eigenvalue weighted by atomic mass is 35.5. The van der Waals surface area contributed by atoms with E-state index >= 15 is 0 Å². The maximum absolute atomic E-state index is 5.80. The predicted octanol–water partition coefficient (Wildman–Crippen LogP) is 2.02. The molecule has 0 saturated heterocycles. The fourth-order valence-corrected chi connectivity index (χ4v) is 2.10. The highest BCUT2D eigenvalue weighted by Crippen LogP contribution is 2.32. The molecule has 0 spiro atoms. The number of thiophene rings is 1. The summed E-state index contributed by atoms with van der Waals surface area (Å²) >= 11 is 7.20. The second-order valence-electron chi connectivity index (χ2n) is 2.63. The quantitative estimate of drug-likeness (QED) is 0.780. The molecule has 2 heterocycles. The monoisotopic (exact) mass is 226 g/mol. The second kappa shape index (κ2) is 3.43. The second-order valence-corrected chi connectivity index (χ2v) is 4.35. The van der Waals surface area contributed by atoms with Gasteiger partial charge in [-0.25, -0.2) is 9.97 Å². The third kappa shape index (κ3) is 1.64. The van der Waals surface area contributed by atoms with Crippen LogP contribution in [0.3, 0.4) is 0 Å². The van der Waals surface area contributed by atoms with Crippen molar-refractivity contribution in [3.8, 4) is 10.6 Å². The van der Waals surface area contributed by atoms with E-state index in [1.54, 1.807) is 6.07 Å². The van der Waals surface area contributed by atoms with Gasteiger partial charge in [-0.3, -0.25) is 0 Å². The first kappa shape index (κ1) is 9.23. The molecule has 0 unspecified atom stereocenters. The summed E-state index contributed by atoms with van der Waals surface area (Å²) in [6, 6.07) is 3.64. The highest BCUT2D eigenvalue weighted by Gasteiger charge is 2.08. The first-order chi connectivity index (χ1) is 6.66. The maximum atomic E-state index is 5.80. The van der Waals surface area contributed by atoms with Gasteiger partial charge in [0.15, 0.2) is 5.82 Å². The maximum Gasteiger partial charge on any atom is 0.153 e. The van der Waals surface area contributed by atoms with Gasteiger partial charge in [-0.05, 0) is 12.1 Å². The van der Waals surface area contributed by atoms with E-state index in [0.717, 1.165) is 4.88 Å². The fraction of sp³-hybridized carbons (Fsp3) is 0. The minimum atomic E-state index is 0.314. The number of nitrogens with zero attached hydrogens (tertiary/aromatic N) is 2. The molecule has 72 valence electrons. The first-order valence-electron chi connectivity index (χ1n) is 3.80. The van der Waals surface area contributed by atoms with Crippen molar-refractivity contribution in [1.29, 1.82) is 0 Å². The molecule has 4 nitrogen and oxygen atoms in total. The van der Waals surface area contributed by atoms with Gasteiger partial charge in [0.25, 0.3) is 0 Å². The molecule has 2 aromatic heterocycles. The molecule has 0 atom stereocenters. The van der Waals surface area contributed by atoms with Crippen molar-refractivity contribution in [2.24, 2.45) is 0 Å². The molecule has 0 amide bonds. The van der Waals surface area contributed by atoms with E-state index < -0.39 is 0 Å². The standard InChI is InChI=1S/C8H7ClN4S/c9-5-2-1-4(14-5)7-8(11)13-6(10)3-12-7/h1-3H,(H4,10,11,13). The Hall–Kier alpha value is -1.33. The largest absolute Gasteiger partial charge is 0.382 e. The van der Waals surface area contributed by atoms with E-state index in [1.165, 1.54) is 17.5 Å². The van der Waals surface area contributed by atoms with Crippen LogP contribution in [0.2, 0.25) is 4.34 Å². The summed E-state index contributed by atoms with van der Waals surface area (Å²) in [6.07, 6.45) is 1.47. The predicted molar refractivity (Wildman–Crippen MR) is 59.2 cm³/mol. The Balaban J connectivity index is 2.52. The molecule has 0 aromatic carbocycles. The first-order valence-corrected chi connectivity index (χ1v) is 5.00. The molecule has 0 bridgehead atoms. The topological polar surface area (TPSA) is 77.8 Å². The van der Waals surface area contributed by atoms with Crippen LogP contribution in [0.25, 0.3) is 10.6 Å². The smallest absolute Gasteiger partial charge is 0.153 e. The molecule has 14 heavy (non-hydrogen) atoms. The van der Waals surface area contributed by atoms with Crippen LogP contribution >= 0.6 is 22.9 Å². The molecule has 0 aliphatic heterocycles. The number of nitrogens with two attached hydrogens (primary N) is 2. The van der Waals surface area contributed by atoms with E-state index in [2.05, 4.69) is 9.97 Å². The number of aromatic nitrogens is 2. The zero-order chi connectivity index (χ0) is 10.1. The number of anilines is 2. The summed E-state index contributed by atoms with van der Waals surface area (Å²) < 4.78 is 0.693. The molecule has 2 aromatic rings. The van der Waals surface area contributed by atoms with E-state index in [1.807, 2.05) is 6.07 Å². The Kier molecular flexibility index (Phi) is 2.26. The summed E-state index contributed by atoms with van der Waals surface area (Å²) in [4.78, 5) is 8.91. The van der Waals surface area contributed by atoms with Crippen molar-refractivity contribution < 1.29 is 0 Å². The van der Waals surface area contributed by atoms with E-state index in [4.69, 9.17) is 23.1 Å². The SMILES string of the molecule is Nc1cnc(-c2ccc(Cl)s2)c(N)n1. The Bertz CT molecular complexity index is 468. The summed E-state index contributed by atoms with van der Waals surface area (Å²) in [7, 11) is 0. The van der Waals surface area contributed by atoms with Crippen LogP contribution in [-0.2, 0) is 0 Å². The molecular weight excluding hydrogens is 220 g/mol. The molecule has 0 aliphatic carbocycles. The number of nitrogen functional groups attached to an aromatic ring is 2. The fourth-order valence-electron chi connectivity index (χ4n) is 1.05. The van der Waals surface area contributed by atoms with E-state index in [-0.39, 0.29) is 0 Å². The Morgan fingerprint density at radius 3 is 2.64 bits per heavy atom. The van der Waals surface area contributed by atoms with Crippen LogP contribution in [0, 0.1) is 0 Å². The van der Waals surface area contributed by atoms with Crippen molar-refractivity contribution in [1.82, 2.24) is 9.97 Å². The van der Waals surface area contributed by atoms with Gasteiger partial charge in [-0.15, -0.1) is 11.3 Å². The van der Waals surface area contributed by atoms with Gasteiger partial charge in [0.05, 0.1) is 15.4 Å². The average molecular weight is 227 g/mol. The average Bonchev–Trinajstić information content (AvgIpc) is 2.51. The van der Waals surface area contributed by atoms with Crippen molar-refractivity contribution in [2.45, 2.75) is 0 Å². The van der Waals surface area contributed by atoms with Crippen molar-refractivity contribution in [3.05, 3.63) is 22.7 Å². The van der Waals surface area contributed by atoms with Gasteiger partial charge in [0, 0.05) is 0 Å². The third-order valence-electron chi connectivity index (χ3n) is 1.62. The van der Waals surface area contributed by atoms with Gasteiger partial charge < -0.3 is 11.5 Å². The van der Waals surface area contributed by atoms with Gasteiger partial charge in [0.1, 0.15) is 11.5 Å². The van der Waals surface area contributed by atoms with E-state index in [0.29, 0.717) is 21.7 Å². The molecule has 0 radical (unpaired) electrons. The summed E-state index contributed by atoms with van der Waals surface area (Å²) in [5.74, 6) is 0.636. The zero-order valence-corrected chi connectivity index (χ0v) is 8.64. The number of hydrogen-bond acceptors (Lipinski definition) is 5. The van der Waals surface area contributed by atoms with Gasteiger partial charge >= 0.3 is 0 Å². The van der Waals surface area contributed by atoms with Gasteiger partial charge in [-0.1, -0.05) is 11.6 Å². The zero-order valence-electron chi connectivity index (χ0n) is 7.07. The minimum Gasteiger partial charge on any atom is -0.382 e. The van der Waals surface area contributed by atoms with Crippen LogP contribution < -0.4 is 11.5 Å². The van der Waals surface area contributed by atoms with Crippen molar-refractivity contribution >= 4 is 34.6 Å². The van der Waals surface area contributed by atoms with Crippen LogP contribution in [0.1, 0.15) is 0 Å². The lowest BCUT2D eigenvalue weighted by Gasteiger charge is -2.00. The van der Waals surface area contributed by atoms with Crippen LogP contribution in [-0.4, -0.2) is 9.97 Å². The normalized spacial score (nSPS) is 10.4. The van der Waals surface area contributed by atoms with E-state index in [9.17, 15) is 0 Å². The van der Waals surface area contributed by atoms with Gasteiger partial charge in [-0.2, -0.15) is 0 Å². The summed E-state index contributed by atoms with van der Waals surface area (Å²) in [6.45, 7) is 0. The van der Waals surface area contributed by atoms with Crippen LogP contribution in [0.5, 0.6) is 0 Å². The number of rotatable bonds is 1. The van der Waals surface area contributed by atoms with Crippen LogP contribution in [0.4, 0.5) is 11.6 Å². The molecule has 0 aliphatic rings. The Morgan fingerprint density at radius 2 is 2.07 bits per heavy atom. The Labute approximate surface area is 89.6 Å². The lowest BCUT2D eigenvalue weighted by atomic mass is 10.3. The molecule has 2 rings (SSSR count). The molecule has 6 heteroatoms. The lowest BCUT2D eigenvalue weighted by Crippen LogP contribution is -1.99. The van der Waals surface area contributed by atoms with Crippen molar-refractivity contribution in [3.63, 3.8) is 0 Å². The summed E-state index contributed by atoms with van der Waals surface area (Å²) in [5.41, 5.74) is 11.7. The molecule has 0 fully saturated rings. The lowest BCUT2D eigenvalue weighted by molar-refractivity contribution is 1.23. The summed E-state index contributed by atoms with van der Waals surface area (Å²) in [5, 5.41) is 0. The molecule has 4 N–H and O–H groups in total.